The Hall–Kier alpha value is -5.24. The van der Waals surface area contributed by atoms with E-state index in [0.717, 1.165) is 59.7 Å². The molecule has 8 aromatic rings. The maximum atomic E-state index is 4.95. The van der Waals surface area contributed by atoms with E-state index in [9.17, 15) is 0 Å². The number of anilines is 2. The number of aromatic nitrogens is 2. The number of para-hydroxylation sites is 2. The molecule has 0 fully saturated rings. The summed E-state index contributed by atoms with van der Waals surface area (Å²) in [7, 11) is 12.8. The van der Waals surface area contributed by atoms with Gasteiger partial charge in [0.25, 0.3) is 0 Å². The molecule has 6 aromatic carbocycles. The van der Waals surface area contributed by atoms with Gasteiger partial charge in [0.1, 0.15) is 0 Å². The van der Waals surface area contributed by atoms with Gasteiger partial charge in [-0.2, -0.15) is 0 Å². The molecular weight excluding hydrogens is 731 g/mol. The van der Waals surface area contributed by atoms with Crippen LogP contribution in [0.25, 0.3) is 65.9 Å². The van der Waals surface area contributed by atoms with Crippen molar-refractivity contribution >= 4 is 79.5 Å². The molecule has 2 heterocycles. The predicted molar refractivity (Wildman–Crippen MR) is 248 cm³/mol. The van der Waals surface area contributed by atoms with Crippen molar-refractivity contribution in [1.82, 2.24) is 19.8 Å². The summed E-state index contributed by atoms with van der Waals surface area (Å²) >= 11 is 0. The second-order valence-corrected chi connectivity index (χ2v) is 14.7. The molecule has 0 aliphatic carbocycles. The first-order valence-electron chi connectivity index (χ1n) is 18.7. The number of hydrogen-bond acceptors (Lipinski definition) is 6. The zero-order valence-corrected chi connectivity index (χ0v) is 34.8. The molecule has 8 heteroatoms. The quantitative estimate of drug-likeness (QED) is 0.138. The molecule has 0 unspecified atom stereocenters. The van der Waals surface area contributed by atoms with Gasteiger partial charge in [-0.15, -0.1) is 24.8 Å². The molecule has 0 aliphatic heterocycles. The monoisotopic (exact) mass is 782 g/mol. The Balaban J connectivity index is 0.000000207. The number of halogens is 2. The van der Waals surface area contributed by atoms with Crippen LogP contribution in [0, 0.1) is 0 Å². The van der Waals surface area contributed by atoms with Crippen LogP contribution in [0.4, 0.5) is 11.4 Å². The summed E-state index contributed by atoms with van der Waals surface area (Å²) in [5.74, 6) is 0. The number of likely N-dealkylation sites (N-methyl/N-ethyl adjacent to an activating group) is 4. The van der Waals surface area contributed by atoms with E-state index in [1.807, 2.05) is 0 Å². The SMILES string of the molecule is CN(C)CCN(C)c1cc(-c2ccc3ccccc3c2)nc2ccccc12.CN(C)CCN(C)c1cc(-c2ccc3ccccc3c2)nc2ccccc12.Cl.Cl. The number of benzene rings is 6. The molecule has 6 nitrogen and oxygen atoms in total. The van der Waals surface area contributed by atoms with E-state index in [-0.39, 0.29) is 24.8 Å². The smallest absolute Gasteiger partial charge is 0.0730 e. The molecule has 56 heavy (non-hydrogen) atoms. The van der Waals surface area contributed by atoms with Gasteiger partial charge in [0.2, 0.25) is 0 Å². The van der Waals surface area contributed by atoms with Crippen molar-refractivity contribution in [3.05, 3.63) is 146 Å². The maximum absolute atomic E-state index is 4.95. The number of hydrogen-bond donors (Lipinski definition) is 0. The number of rotatable bonds is 10. The van der Waals surface area contributed by atoms with Crippen LogP contribution in [0.1, 0.15) is 0 Å². The Kier molecular flexibility index (Phi) is 14.3. The van der Waals surface area contributed by atoms with E-state index >= 15 is 0 Å². The first-order valence-corrected chi connectivity index (χ1v) is 18.7. The maximum Gasteiger partial charge on any atom is 0.0730 e. The number of fused-ring (bicyclic) bond motifs is 4. The normalized spacial score (nSPS) is 11.0. The van der Waals surface area contributed by atoms with Gasteiger partial charge in [-0.25, -0.2) is 9.97 Å². The fourth-order valence-corrected chi connectivity index (χ4v) is 6.88. The molecule has 8 rings (SSSR count). The van der Waals surface area contributed by atoms with Crippen LogP contribution in [0.5, 0.6) is 0 Å². The van der Waals surface area contributed by atoms with Gasteiger partial charge in [0.05, 0.1) is 22.4 Å². The minimum atomic E-state index is 0. The van der Waals surface area contributed by atoms with Crippen LogP contribution in [0.2, 0.25) is 0 Å². The summed E-state index contributed by atoms with van der Waals surface area (Å²) in [5, 5.41) is 7.39. The van der Waals surface area contributed by atoms with Gasteiger partial charge in [-0.3, -0.25) is 0 Å². The van der Waals surface area contributed by atoms with Crippen LogP contribution < -0.4 is 9.80 Å². The van der Waals surface area contributed by atoms with Gasteiger partial charge >= 0.3 is 0 Å². The van der Waals surface area contributed by atoms with Crippen LogP contribution in [-0.2, 0) is 0 Å². The van der Waals surface area contributed by atoms with Gasteiger partial charge in [0, 0.05) is 73.5 Å². The van der Waals surface area contributed by atoms with Crippen LogP contribution in [0.15, 0.2) is 146 Å². The zero-order valence-electron chi connectivity index (χ0n) is 33.2. The molecule has 0 aliphatic rings. The molecule has 2 aromatic heterocycles. The van der Waals surface area contributed by atoms with E-state index in [4.69, 9.17) is 9.97 Å². The summed E-state index contributed by atoms with van der Waals surface area (Å²) in [4.78, 5) is 19.0. The van der Waals surface area contributed by atoms with E-state index < -0.39 is 0 Å². The van der Waals surface area contributed by atoms with Crippen LogP contribution in [0.3, 0.4) is 0 Å². The molecule has 0 spiro atoms. The van der Waals surface area contributed by atoms with Crippen molar-refractivity contribution in [3.8, 4) is 22.5 Å². The molecule has 0 bridgehead atoms. The highest BCUT2D eigenvalue weighted by Crippen LogP contribution is 2.33. The summed E-state index contributed by atoms with van der Waals surface area (Å²) in [6.45, 7) is 3.97. The lowest BCUT2D eigenvalue weighted by atomic mass is 10.0. The lowest BCUT2D eigenvalue weighted by Gasteiger charge is -2.23. The summed E-state index contributed by atoms with van der Waals surface area (Å²) in [6, 6.07) is 51.3. The molecule has 0 N–H and O–H groups in total. The second kappa shape index (κ2) is 19.1. The molecule has 288 valence electrons. The summed E-state index contributed by atoms with van der Waals surface area (Å²) in [6.07, 6.45) is 0. The van der Waals surface area contributed by atoms with Crippen molar-refractivity contribution in [1.29, 1.82) is 0 Å². The van der Waals surface area contributed by atoms with Crippen molar-refractivity contribution in [2.75, 3.05) is 78.3 Å². The summed E-state index contributed by atoms with van der Waals surface area (Å²) in [5.41, 5.74) is 8.88. The highest BCUT2D eigenvalue weighted by molar-refractivity contribution is 5.97. The number of nitrogens with zero attached hydrogens (tertiary/aromatic N) is 6. The molecule has 0 radical (unpaired) electrons. The largest absolute Gasteiger partial charge is 0.373 e. The van der Waals surface area contributed by atoms with Crippen molar-refractivity contribution in [2.45, 2.75) is 0 Å². The minimum Gasteiger partial charge on any atom is -0.373 e. The molecule has 0 amide bonds. The van der Waals surface area contributed by atoms with Crippen molar-refractivity contribution < 1.29 is 0 Å². The van der Waals surface area contributed by atoms with Gasteiger partial charge in [-0.1, -0.05) is 109 Å². The predicted octanol–water partition coefficient (Wildman–Crippen LogP) is 10.9. The Morgan fingerprint density at radius 1 is 0.375 bits per heavy atom. The Labute approximate surface area is 344 Å². The van der Waals surface area contributed by atoms with Crippen molar-refractivity contribution in [2.24, 2.45) is 0 Å². The van der Waals surface area contributed by atoms with Crippen LogP contribution in [-0.4, -0.2) is 88.2 Å². The fourth-order valence-electron chi connectivity index (χ4n) is 6.88. The zero-order chi connectivity index (χ0) is 37.6. The highest BCUT2D eigenvalue weighted by Gasteiger charge is 2.13. The van der Waals surface area contributed by atoms with Gasteiger partial charge in [0.15, 0.2) is 0 Å². The second-order valence-electron chi connectivity index (χ2n) is 14.7. The summed E-state index contributed by atoms with van der Waals surface area (Å²) < 4.78 is 0. The highest BCUT2D eigenvalue weighted by atomic mass is 35.5. The molecule has 0 saturated heterocycles. The molecule has 0 atom stereocenters. The molecule has 0 saturated carbocycles. The first-order chi connectivity index (χ1) is 26.2. The minimum absolute atomic E-state index is 0. The van der Waals surface area contributed by atoms with Crippen molar-refractivity contribution in [3.63, 3.8) is 0 Å². The molecular formula is C48H52Cl2N6. The lowest BCUT2D eigenvalue weighted by molar-refractivity contribution is 0.416. The van der Waals surface area contributed by atoms with Gasteiger partial charge in [-0.05, 0) is 86.1 Å². The van der Waals surface area contributed by atoms with E-state index in [0.29, 0.717) is 0 Å². The number of pyridine rings is 2. The first kappa shape index (κ1) is 41.9. The third kappa shape index (κ3) is 9.76. The third-order valence-corrected chi connectivity index (χ3v) is 10.1. The standard InChI is InChI=1S/2C24H25N3.2ClH/c2*1-26(2)14-15-27(3)24-17-23(25-22-11-7-6-10-21(22)24)20-13-12-18-8-4-5-9-19(18)16-20;;/h2*4-13,16-17H,14-15H2,1-3H3;2*1H. The average molecular weight is 784 g/mol. The average Bonchev–Trinajstić information content (AvgIpc) is 3.20. The van der Waals surface area contributed by atoms with E-state index in [1.165, 1.54) is 43.7 Å². The Bertz CT molecular complexity index is 2360. The Morgan fingerprint density at radius 3 is 1.12 bits per heavy atom. The third-order valence-electron chi connectivity index (χ3n) is 10.1. The lowest BCUT2D eigenvalue weighted by Crippen LogP contribution is -2.28. The van der Waals surface area contributed by atoms with E-state index in [2.05, 4.69) is 207 Å². The van der Waals surface area contributed by atoms with Crippen LogP contribution >= 0.6 is 24.8 Å². The fraction of sp³-hybridized carbons (Fsp3) is 0.208. The van der Waals surface area contributed by atoms with E-state index in [1.54, 1.807) is 0 Å². The topological polar surface area (TPSA) is 38.7 Å². The Morgan fingerprint density at radius 2 is 0.732 bits per heavy atom. The van der Waals surface area contributed by atoms with Gasteiger partial charge < -0.3 is 19.6 Å².